The third kappa shape index (κ3) is 5.08. The van der Waals surface area contributed by atoms with Gasteiger partial charge < -0.3 is 14.5 Å². The van der Waals surface area contributed by atoms with E-state index in [9.17, 15) is 4.79 Å². The topological polar surface area (TPSA) is 45.7 Å². The van der Waals surface area contributed by atoms with E-state index in [1.807, 2.05) is 35.2 Å². The Bertz CT molecular complexity index is 832. The van der Waals surface area contributed by atoms with Crippen LogP contribution in [0.25, 0.3) is 10.9 Å². The van der Waals surface area contributed by atoms with Gasteiger partial charge in [-0.15, -0.1) is 0 Å². The normalized spacial score (nSPS) is 20.7. The predicted octanol–water partition coefficient (Wildman–Crippen LogP) is 4.50. The van der Waals surface area contributed by atoms with Crippen LogP contribution in [0.3, 0.4) is 0 Å². The molecule has 2 aliphatic heterocycles. The highest BCUT2D eigenvalue weighted by Crippen LogP contribution is 2.23. The highest BCUT2D eigenvalue weighted by molar-refractivity contribution is 5.95. The quantitative estimate of drug-likeness (QED) is 0.676. The highest BCUT2D eigenvalue weighted by atomic mass is 16.5. The van der Waals surface area contributed by atoms with Crippen LogP contribution in [0.5, 0.6) is 5.75 Å². The number of hydrogen-bond acceptors (Lipinski definition) is 4. The number of benzene rings is 1. The molecule has 2 fully saturated rings. The second-order valence-electron chi connectivity index (χ2n) is 8.50. The fraction of sp³-hybridized carbons (Fsp3) is 0.583. The molecule has 1 unspecified atom stereocenters. The molecule has 1 amide bonds. The van der Waals surface area contributed by atoms with Crippen molar-refractivity contribution in [2.24, 2.45) is 0 Å². The molecule has 0 radical (unpaired) electrons. The van der Waals surface area contributed by atoms with Crippen LogP contribution in [0.4, 0.5) is 0 Å². The number of nitrogens with zero attached hydrogens (tertiary/aromatic N) is 3. The predicted molar refractivity (Wildman–Crippen MR) is 116 cm³/mol. The van der Waals surface area contributed by atoms with Crippen LogP contribution in [0.1, 0.15) is 62.4 Å². The maximum atomic E-state index is 12.9. The van der Waals surface area contributed by atoms with E-state index >= 15 is 0 Å². The summed E-state index contributed by atoms with van der Waals surface area (Å²) in [5.41, 5.74) is 1.39. The zero-order valence-corrected chi connectivity index (χ0v) is 17.6. The molecule has 0 bridgehead atoms. The SMILES string of the molecule is CC1CCCCN1C(=O)c1ccc2cc(OCCCN3CCCCC3)ccc2n1. The molecule has 1 aromatic heterocycles. The summed E-state index contributed by atoms with van der Waals surface area (Å²) in [5, 5.41) is 1.02. The Labute approximate surface area is 174 Å². The van der Waals surface area contributed by atoms with Crippen molar-refractivity contribution in [2.75, 3.05) is 32.8 Å². The van der Waals surface area contributed by atoms with Gasteiger partial charge in [0.1, 0.15) is 11.4 Å². The van der Waals surface area contributed by atoms with Crippen LogP contribution in [-0.4, -0.2) is 59.5 Å². The molecule has 2 saturated heterocycles. The molecule has 5 heteroatoms. The molecule has 2 aromatic rings. The molecule has 156 valence electrons. The smallest absolute Gasteiger partial charge is 0.272 e. The first-order valence-corrected chi connectivity index (χ1v) is 11.3. The van der Waals surface area contributed by atoms with Gasteiger partial charge in [0.15, 0.2) is 0 Å². The summed E-state index contributed by atoms with van der Waals surface area (Å²) in [7, 11) is 0. The van der Waals surface area contributed by atoms with Crippen LogP contribution < -0.4 is 4.74 Å². The van der Waals surface area contributed by atoms with Crippen molar-refractivity contribution in [1.82, 2.24) is 14.8 Å². The van der Waals surface area contributed by atoms with Gasteiger partial charge in [0.05, 0.1) is 12.1 Å². The zero-order valence-electron chi connectivity index (χ0n) is 17.6. The van der Waals surface area contributed by atoms with Gasteiger partial charge in [0.2, 0.25) is 0 Å². The number of aromatic nitrogens is 1. The van der Waals surface area contributed by atoms with Crippen LogP contribution in [0, 0.1) is 0 Å². The average Bonchev–Trinajstić information content (AvgIpc) is 2.77. The molecule has 0 aliphatic carbocycles. The highest BCUT2D eigenvalue weighted by Gasteiger charge is 2.25. The number of rotatable bonds is 6. The lowest BCUT2D eigenvalue weighted by Gasteiger charge is -2.33. The Morgan fingerprint density at radius 1 is 1.07 bits per heavy atom. The second kappa shape index (κ2) is 9.57. The molecular formula is C24H33N3O2. The second-order valence-corrected chi connectivity index (χ2v) is 8.50. The molecule has 4 rings (SSSR count). The van der Waals surface area contributed by atoms with Gasteiger partial charge >= 0.3 is 0 Å². The third-order valence-electron chi connectivity index (χ3n) is 6.28. The first-order valence-electron chi connectivity index (χ1n) is 11.3. The summed E-state index contributed by atoms with van der Waals surface area (Å²) < 4.78 is 5.96. The maximum absolute atomic E-state index is 12.9. The third-order valence-corrected chi connectivity index (χ3v) is 6.28. The summed E-state index contributed by atoms with van der Waals surface area (Å²) in [4.78, 5) is 22.0. The van der Waals surface area contributed by atoms with E-state index < -0.39 is 0 Å². The van der Waals surface area contributed by atoms with E-state index in [2.05, 4.69) is 16.8 Å². The lowest BCUT2D eigenvalue weighted by atomic mass is 10.0. The van der Waals surface area contributed by atoms with E-state index in [1.165, 1.54) is 38.8 Å². The number of likely N-dealkylation sites (tertiary alicyclic amines) is 2. The van der Waals surface area contributed by atoms with Crippen molar-refractivity contribution in [2.45, 2.75) is 57.9 Å². The Morgan fingerprint density at radius 2 is 1.90 bits per heavy atom. The van der Waals surface area contributed by atoms with Crippen LogP contribution >= 0.6 is 0 Å². The van der Waals surface area contributed by atoms with Crippen LogP contribution in [0.15, 0.2) is 30.3 Å². The van der Waals surface area contributed by atoms with Gasteiger partial charge in [-0.3, -0.25) is 4.79 Å². The van der Waals surface area contributed by atoms with Crippen molar-refractivity contribution < 1.29 is 9.53 Å². The molecule has 1 atom stereocenters. The van der Waals surface area contributed by atoms with Crippen molar-refractivity contribution in [3.8, 4) is 5.75 Å². The number of hydrogen-bond donors (Lipinski definition) is 0. The Balaban J connectivity index is 1.34. The van der Waals surface area contributed by atoms with Crippen molar-refractivity contribution in [1.29, 1.82) is 0 Å². The number of carbonyl (C=O) groups excluding carboxylic acids is 1. The molecule has 0 N–H and O–H groups in total. The van der Waals surface area contributed by atoms with Crippen LogP contribution in [-0.2, 0) is 0 Å². The molecule has 29 heavy (non-hydrogen) atoms. The van der Waals surface area contributed by atoms with E-state index in [4.69, 9.17) is 4.74 Å². The minimum absolute atomic E-state index is 0.0529. The minimum atomic E-state index is 0.0529. The van der Waals surface area contributed by atoms with Gasteiger partial charge in [-0.2, -0.15) is 0 Å². The minimum Gasteiger partial charge on any atom is -0.494 e. The van der Waals surface area contributed by atoms with E-state index in [0.29, 0.717) is 11.7 Å². The summed E-state index contributed by atoms with van der Waals surface area (Å²) in [5.74, 6) is 0.929. The van der Waals surface area contributed by atoms with Crippen LogP contribution in [0.2, 0.25) is 0 Å². The fourth-order valence-corrected chi connectivity index (χ4v) is 4.52. The standard InChI is InChI=1S/C24H33N3O2/c1-19-8-3-6-16-27(19)24(28)23-11-9-20-18-21(10-12-22(20)25-23)29-17-7-15-26-13-4-2-5-14-26/h9-12,18-19H,2-8,13-17H2,1H3. The number of piperidine rings is 2. The maximum Gasteiger partial charge on any atom is 0.272 e. The van der Waals surface area contributed by atoms with Crippen molar-refractivity contribution >= 4 is 16.8 Å². The Hall–Kier alpha value is -2.14. The largest absolute Gasteiger partial charge is 0.494 e. The van der Waals surface area contributed by atoms with Gasteiger partial charge in [-0.05, 0) is 82.8 Å². The monoisotopic (exact) mass is 395 g/mol. The van der Waals surface area contributed by atoms with Gasteiger partial charge in [0, 0.05) is 24.5 Å². The van der Waals surface area contributed by atoms with E-state index in [-0.39, 0.29) is 5.91 Å². The molecule has 3 heterocycles. The average molecular weight is 396 g/mol. The summed E-state index contributed by atoms with van der Waals surface area (Å²) in [6, 6.07) is 10.1. The number of carbonyl (C=O) groups is 1. The Kier molecular flexibility index (Phi) is 6.65. The van der Waals surface area contributed by atoms with E-state index in [1.54, 1.807) is 0 Å². The van der Waals surface area contributed by atoms with Gasteiger partial charge in [-0.1, -0.05) is 12.5 Å². The Morgan fingerprint density at radius 3 is 2.72 bits per heavy atom. The number of pyridine rings is 1. The molecule has 0 spiro atoms. The number of ether oxygens (including phenoxy) is 1. The van der Waals surface area contributed by atoms with Gasteiger partial charge in [0.25, 0.3) is 5.91 Å². The molecule has 2 aliphatic rings. The van der Waals surface area contributed by atoms with Gasteiger partial charge in [-0.25, -0.2) is 4.98 Å². The van der Waals surface area contributed by atoms with Crippen molar-refractivity contribution in [3.05, 3.63) is 36.0 Å². The molecular weight excluding hydrogens is 362 g/mol. The molecule has 5 nitrogen and oxygen atoms in total. The molecule has 1 aromatic carbocycles. The fourth-order valence-electron chi connectivity index (χ4n) is 4.52. The number of amides is 1. The first kappa shape index (κ1) is 20.1. The lowest BCUT2D eigenvalue weighted by Crippen LogP contribution is -2.42. The van der Waals surface area contributed by atoms with E-state index in [0.717, 1.165) is 55.6 Å². The summed E-state index contributed by atoms with van der Waals surface area (Å²) in [6.45, 7) is 7.29. The summed E-state index contributed by atoms with van der Waals surface area (Å²) in [6.07, 6.45) is 8.47. The zero-order chi connectivity index (χ0) is 20.1. The lowest BCUT2D eigenvalue weighted by molar-refractivity contribution is 0.0630. The molecule has 0 saturated carbocycles. The first-order chi connectivity index (χ1) is 14.2. The summed E-state index contributed by atoms with van der Waals surface area (Å²) >= 11 is 0. The van der Waals surface area contributed by atoms with Crippen molar-refractivity contribution in [3.63, 3.8) is 0 Å². The number of fused-ring (bicyclic) bond motifs is 1.